The summed E-state index contributed by atoms with van der Waals surface area (Å²) in [6, 6.07) is 7.84. The van der Waals surface area contributed by atoms with Gasteiger partial charge in [0.25, 0.3) is 11.8 Å². The Morgan fingerprint density at radius 1 is 1.20 bits per heavy atom. The summed E-state index contributed by atoms with van der Waals surface area (Å²) in [5.41, 5.74) is 7.80. The van der Waals surface area contributed by atoms with Crippen molar-refractivity contribution >= 4 is 29.0 Å². The van der Waals surface area contributed by atoms with Crippen molar-refractivity contribution in [3.63, 3.8) is 0 Å². The maximum atomic E-state index is 13.0. The highest BCUT2D eigenvalue weighted by atomic mass is 19.4. The van der Waals surface area contributed by atoms with Crippen LogP contribution in [0.25, 0.3) is 16.8 Å². The Hall–Kier alpha value is -4.56. The van der Waals surface area contributed by atoms with E-state index in [1.807, 2.05) is 6.92 Å². The highest BCUT2D eigenvalue weighted by molar-refractivity contribution is 6.04. The Bertz CT molecular complexity index is 1620. The molecule has 0 bridgehead atoms. The predicted molar refractivity (Wildman–Crippen MR) is 142 cm³/mol. The van der Waals surface area contributed by atoms with E-state index >= 15 is 0 Å². The number of anilines is 2. The lowest BCUT2D eigenvalue weighted by Crippen LogP contribution is -2.46. The number of morpholine rings is 1. The summed E-state index contributed by atoms with van der Waals surface area (Å²) in [4.78, 5) is 39.5. The molecule has 0 aliphatic carbocycles. The molecule has 1 aliphatic rings. The van der Waals surface area contributed by atoms with Gasteiger partial charge in [0.2, 0.25) is 0 Å². The number of carbonyl (C=O) groups is 2. The summed E-state index contributed by atoms with van der Waals surface area (Å²) < 4.78 is 46.8. The Morgan fingerprint density at radius 2 is 1.93 bits per heavy atom. The number of aliphatic hydroxyl groups excluding tert-OH is 1. The summed E-state index contributed by atoms with van der Waals surface area (Å²) in [5.74, 6) is -0.596. The molecule has 1 fully saturated rings. The highest BCUT2D eigenvalue weighted by Gasteiger charge is 2.32. The van der Waals surface area contributed by atoms with Crippen molar-refractivity contribution < 1.29 is 32.6 Å². The van der Waals surface area contributed by atoms with Crippen molar-refractivity contribution in [2.75, 3.05) is 30.7 Å². The number of fused-ring (bicyclic) bond motifs is 1. The van der Waals surface area contributed by atoms with Crippen molar-refractivity contribution in [3.8, 4) is 11.3 Å². The Morgan fingerprint density at radius 3 is 2.61 bits per heavy atom. The van der Waals surface area contributed by atoms with Crippen molar-refractivity contribution in [2.45, 2.75) is 32.2 Å². The van der Waals surface area contributed by atoms with Crippen LogP contribution in [0.1, 0.15) is 40.5 Å². The van der Waals surface area contributed by atoms with Crippen molar-refractivity contribution in [1.29, 1.82) is 0 Å². The second-order valence-corrected chi connectivity index (χ2v) is 9.57. The minimum absolute atomic E-state index is 0.173. The number of aromatic nitrogens is 4. The van der Waals surface area contributed by atoms with Crippen LogP contribution < -0.4 is 11.1 Å². The molecule has 41 heavy (non-hydrogen) atoms. The molecule has 1 saturated heterocycles. The zero-order valence-electron chi connectivity index (χ0n) is 22.0. The van der Waals surface area contributed by atoms with Gasteiger partial charge in [-0.1, -0.05) is 12.1 Å². The average molecular weight is 570 g/mol. The van der Waals surface area contributed by atoms with Gasteiger partial charge in [-0.15, -0.1) is 0 Å². The largest absolute Gasteiger partial charge is 0.416 e. The first-order valence-electron chi connectivity index (χ1n) is 12.6. The number of benzene rings is 1. The minimum Gasteiger partial charge on any atom is -0.384 e. The summed E-state index contributed by atoms with van der Waals surface area (Å²) in [6.07, 6.45) is -3.77. The molecule has 4 aromatic rings. The number of nitrogens with two attached hydrogens (primary N) is 1. The van der Waals surface area contributed by atoms with Crippen LogP contribution in [0.15, 0.2) is 48.8 Å². The molecule has 214 valence electrons. The highest BCUT2D eigenvalue weighted by Crippen LogP contribution is 2.34. The van der Waals surface area contributed by atoms with E-state index in [-0.39, 0.29) is 30.4 Å². The van der Waals surface area contributed by atoms with E-state index < -0.39 is 35.8 Å². The maximum Gasteiger partial charge on any atom is 0.416 e. The van der Waals surface area contributed by atoms with E-state index in [1.54, 1.807) is 22.7 Å². The fraction of sp³-hybridized carbons (Fsp3) is 0.296. The van der Waals surface area contributed by atoms with Crippen LogP contribution in [0.4, 0.5) is 24.8 Å². The van der Waals surface area contributed by atoms with Gasteiger partial charge < -0.3 is 25.8 Å². The van der Waals surface area contributed by atoms with Gasteiger partial charge >= 0.3 is 6.18 Å². The number of halogens is 3. The zero-order chi connectivity index (χ0) is 29.5. The SMILES string of the molecule is Cc1cnc(N)c2c(-c3ccc(C(=O)Nc4cc(C(F)(F)F)ccn4)cc3)nc(C3CN(C(=O)[C@@H](C)O)CCO3)n12. The van der Waals surface area contributed by atoms with Crippen molar-refractivity contribution in [3.05, 3.63) is 71.4 Å². The van der Waals surface area contributed by atoms with Crippen LogP contribution in [0.3, 0.4) is 0 Å². The van der Waals surface area contributed by atoms with Crippen LogP contribution in [0, 0.1) is 6.92 Å². The number of aryl methyl sites for hydroxylation is 1. The summed E-state index contributed by atoms with van der Waals surface area (Å²) >= 11 is 0. The maximum absolute atomic E-state index is 13.0. The second kappa shape index (κ2) is 10.8. The quantitative estimate of drug-likeness (QED) is 0.332. The van der Waals surface area contributed by atoms with E-state index in [2.05, 4.69) is 15.3 Å². The van der Waals surface area contributed by atoms with Gasteiger partial charge in [-0.05, 0) is 38.1 Å². The molecule has 0 radical (unpaired) electrons. The molecule has 5 rings (SSSR count). The molecule has 14 heteroatoms. The summed E-state index contributed by atoms with van der Waals surface area (Å²) in [6.45, 7) is 3.99. The number of hydrogen-bond acceptors (Lipinski definition) is 8. The molecule has 0 spiro atoms. The average Bonchev–Trinajstić information content (AvgIpc) is 3.36. The van der Waals surface area contributed by atoms with E-state index in [0.29, 0.717) is 29.1 Å². The number of alkyl halides is 3. The first-order valence-corrected chi connectivity index (χ1v) is 12.6. The molecule has 2 amide bonds. The van der Waals surface area contributed by atoms with Crippen LogP contribution >= 0.6 is 0 Å². The van der Waals surface area contributed by atoms with Gasteiger partial charge in [0.05, 0.1) is 18.7 Å². The molecule has 3 aromatic heterocycles. The molecular weight excluding hydrogens is 543 g/mol. The summed E-state index contributed by atoms with van der Waals surface area (Å²) in [7, 11) is 0. The number of rotatable bonds is 5. The number of aliphatic hydroxyl groups is 1. The molecule has 1 aromatic carbocycles. The van der Waals surface area contributed by atoms with Crippen LogP contribution in [-0.2, 0) is 15.7 Å². The third-order valence-corrected chi connectivity index (χ3v) is 6.66. The number of amides is 2. The fourth-order valence-electron chi connectivity index (χ4n) is 4.64. The van der Waals surface area contributed by atoms with Crippen LogP contribution in [-0.4, -0.2) is 67.0 Å². The monoisotopic (exact) mass is 569 g/mol. The number of nitrogen functional groups attached to an aromatic ring is 1. The molecule has 4 heterocycles. The van der Waals surface area contributed by atoms with Crippen molar-refractivity contribution in [2.24, 2.45) is 0 Å². The van der Waals surface area contributed by atoms with Crippen molar-refractivity contribution in [1.82, 2.24) is 24.3 Å². The van der Waals surface area contributed by atoms with Gasteiger partial charge in [-0.25, -0.2) is 15.0 Å². The Kier molecular flexibility index (Phi) is 7.36. The Balaban J connectivity index is 1.46. The lowest BCUT2D eigenvalue weighted by Gasteiger charge is -2.33. The molecular formula is C27H26F3N7O4. The van der Waals surface area contributed by atoms with Crippen LogP contribution in [0.5, 0.6) is 0 Å². The predicted octanol–water partition coefficient (Wildman–Crippen LogP) is 3.23. The number of ether oxygens (including phenoxy) is 1. The molecule has 4 N–H and O–H groups in total. The van der Waals surface area contributed by atoms with E-state index in [4.69, 9.17) is 15.5 Å². The van der Waals surface area contributed by atoms with E-state index in [9.17, 15) is 27.9 Å². The molecule has 1 aliphatic heterocycles. The second-order valence-electron chi connectivity index (χ2n) is 9.57. The third kappa shape index (κ3) is 5.56. The Labute approximate surface area is 231 Å². The topological polar surface area (TPSA) is 148 Å². The zero-order valence-corrected chi connectivity index (χ0v) is 22.0. The number of pyridine rings is 1. The van der Waals surface area contributed by atoms with Gasteiger partial charge in [-0.2, -0.15) is 13.2 Å². The first kappa shape index (κ1) is 28.0. The van der Waals surface area contributed by atoms with Gasteiger partial charge in [0, 0.05) is 35.8 Å². The minimum atomic E-state index is -4.57. The fourth-order valence-corrected chi connectivity index (χ4v) is 4.64. The lowest BCUT2D eigenvalue weighted by molar-refractivity contribution is -0.147. The molecule has 2 atom stereocenters. The normalized spacial score (nSPS) is 16.5. The third-order valence-electron chi connectivity index (χ3n) is 6.66. The molecule has 11 nitrogen and oxygen atoms in total. The molecule has 1 unspecified atom stereocenters. The summed E-state index contributed by atoms with van der Waals surface area (Å²) in [5, 5.41) is 12.1. The number of imidazole rings is 1. The first-order chi connectivity index (χ1) is 19.4. The van der Waals surface area contributed by atoms with Gasteiger partial charge in [0.15, 0.2) is 0 Å². The smallest absolute Gasteiger partial charge is 0.384 e. The van der Waals surface area contributed by atoms with Crippen LogP contribution in [0.2, 0.25) is 0 Å². The number of hydrogen-bond donors (Lipinski definition) is 3. The van der Waals surface area contributed by atoms with Gasteiger partial charge in [-0.3, -0.25) is 14.0 Å². The molecule has 0 saturated carbocycles. The standard InChI is InChI=1S/C27H26F3N7O4/c1-14-12-33-23(31)22-21(35-24(37(14)22)19-13-36(9-10-41-19)26(40)15(2)38)16-3-5-17(6-4-16)25(39)34-20-11-18(7-8-32-20)27(28,29)30/h3-8,11-12,15,19,38H,9-10,13H2,1-2H3,(H2,31,33)(H,32,34,39)/t15-,19?/m1/s1. The number of nitrogens with one attached hydrogen (secondary N) is 1. The number of carbonyl (C=O) groups excluding carboxylic acids is 2. The van der Waals surface area contributed by atoms with Gasteiger partial charge in [0.1, 0.15) is 40.9 Å². The lowest BCUT2D eigenvalue weighted by atomic mass is 10.1. The van der Waals surface area contributed by atoms with E-state index in [0.717, 1.165) is 24.0 Å². The van der Waals surface area contributed by atoms with E-state index in [1.165, 1.54) is 24.0 Å². The number of nitrogens with zero attached hydrogens (tertiary/aromatic N) is 5.